The molecule has 1 amide bonds. The number of hydrogen-bond donors (Lipinski definition) is 1. The minimum atomic E-state index is -0.134. The Bertz CT molecular complexity index is 1420. The molecular weight excluding hydrogens is 444 g/mol. The third-order valence-electron chi connectivity index (χ3n) is 6.38. The first-order chi connectivity index (χ1) is 16.6. The average Bonchev–Trinajstić information content (AvgIpc) is 2.89. The minimum Gasteiger partial charge on any atom is -0.368 e. The first kappa shape index (κ1) is 22.1. The Labute approximate surface area is 203 Å². The molecule has 0 radical (unpaired) electrons. The Kier molecular flexibility index (Phi) is 6.27. The van der Waals surface area contributed by atoms with E-state index in [1.165, 1.54) is 5.69 Å². The molecule has 2 heterocycles. The van der Waals surface area contributed by atoms with Crippen LogP contribution in [-0.2, 0) is 13.0 Å². The molecule has 34 heavy (non-hydrogen) atoms. The fourth-order valence-corrected chi connectivity index (χ4v) is 4.75. The quantitative estimate of drug-likeness (QED) is 0.443. The van der Waals surface area contributed by atoms with Crippen LogP contribution in [0.25, 0.3) is 10.9 Å². The van der Waals surface area contributed by atoms with E-state index in [2.05, 4.69) is 22.0 Å². The second kappa shape index (κ2) is 9.65. The van der Waals surface area contributed by atoms with Crippen molar-refractivity contribution in [2.45, 2.75) is 13.0 Å². The highest BCUT2D eigenvalue weighted by Crippen LogP contribution is 2.18. The van der Waals surface area contributed by atoms with Crippen LogP contribution >= 0.6 is 12.2 Å². The van der Waals surface area contributed by atoms with Gasteiger partial charge in [0.25, 0.3) is 11.5 Å². The van der Waals surface area contributed by atoms with Gasteiger partial charge in [0.1, 0.15) is 0 Å². The van der Waals surface area contributed by atoms with Crippen molar-refractivity contribution in [3.63, 3.8) is 0 Å². The molecular formula is C27H26N4O2S. The number of aryl methyl sites for hydroxylation is 1. The molecule has 1 fully saturated rings. The van der Waals surface area contributed by atoms with Crippen LogP contribution in [0.3, 0.4) is 0 Å². The molecule has 1 saturated heterocycles. The Hall–Kier alpha value is -3.71. The van der Waals surface area contributed by atoms with Crippen LogP contribution in [0.5, 0.6) is 0 Å². The highest BCUT2D eigenvalue weighted by atomic mass is 32.1. The zero-order valence-corrected chi connectivity index (χ0v) is 19.6. The first-order valence-electron chi connectivity index (χ1n) is 11.5. The number of benzene rings is 3. The molecule has 1 aromatic heterocycles. The normalized spacial score (nSPS) is 13.9. The average molecular weight is 471 g/mol. The van der Waals surface area contributed by atoms with Crippen molar-refractivity contribution in [2.75, 3.05) is 31.1 Å². The topological polar surface area (TPSA) is 61.3 Å². The summed E-state index contributed by atoms with van der Waals surface area (Å²) in [5, 5.41) is 0.534. The van der Waals surface area contributed by atoms with Crippen LogP contribution in [0.1, 0.15) is 15.9 Å². The molecule has 5 rings (SSSR count). The van der Waals surface area contributed by atoms with Gasteiger partial charge in [0.2, 0.25) is 0 Å². The summed E-state index contributed by atoms with van der Waals surface area (Å²) < 4.78 is 1.96. The number of H-pyrrole nitrogens is 1. The fourth-order valence-electron chi connectivity index (χ4n) is 4.47. The molecule has 172 valence electrons. The number of fused-ring (bicyclic) bond motifs is 1. The summed E-state index contributed by atoms with van der Waals surface area (Å²) in [7, 11) is 0. The van der Waals surface area contributed by atoms with E-state index in [1.807, 2.05) is 53.4 Å². The molecule has 7 heteroatoms. The lowest BCUT2D eigenvalue weighted by atomic mass is 10.1. The molecule has 1 N–H and O–H groups in total. The summed E-state index contributed by atoms with van der Waals surface area (Å²) in [5.41, 5.74) is 3.35. The van der Waals surface area contributed by atoms with Gasteiger partial charge in [-0.05, 0) is 54.5 Å². The van der Waals surface area contributed by atoms with Crippen molar-refractivity contribution in [1.29, 1.82) is 0 Å². The van der Waals surface area contributed by atoms with Crippen molar-refractivity contribution in [2.24, 2.45) is 0 Å². The van der Waals surface area contributed by atoms with E-state index < -0.39 is 0 Å². The number of nitrogens with one attached hydrogen (secondary N) is 1. The molecule has 6 nitrogen and oxygen atoms in total. The molecule has 0 saturated carbocycles. The smallest absolute Gasteiger partial charge is 0.262 e. The number of para-hydroxylation sites is 1. The lowest BCUT2D eigenvalue weighted by molar-refractivity contribution is 0.0747. The number of carbonyl (C=O) groups excluding carboxylic acids is 1. The summed E-state index contributed by atoms with van der Waals surface area (Å²) in [4.78, 5) is 33.6. The van der Waals surface area contributed by atoms with Crippen molar-refractivity contribution >= 4 is 34.7 Å². The molecule has 1 aliphatic rings. The van der Waals surface area contributed by atoms with Gasteiger partial charge in [-0.2, -0.15) is 0 Å². The predicted molar refractivity (Wildman–Crippen MR) is 138 cm³/mol. The van der Waals surface area contributed by atoms with Gasteiger partial charge in [0.15, 0.2) is 4.77 Å². The Morgan fingerprint density at radius 2 is 1.56 bits per heavy atom. The molecule has 0 aliphatic carbocycles. The standard InChI is InChI=1S/C27H26N4O2S/c32-25(30-17-15-29(16-18-30)22-9-5-2-6-10-22)21-11-12-23-24(19-21)28-27(34)31(26(23)33)14-13-20-7-3-1-4-8-20/h1-12,19H,13-18H2,(H,28,34). The summed E-state index contributed by atoms with van der Waals surface area (Å²) in [6.07, 6.45) is 0.718. The number of rotatable bonds is 5. The Morgan fingerprint density at radius 1 is 0.882 bits per heavy atom. The van der Waals surface area contributed by atoms with Crippen LogP contribution in [0, 0.1) is 4.77 Å². The van der Waals surface area contributed by atoms with Crippen molar-refractivity contribution in [3.8, 4) is 0 Å². The maximum atomic E-state index is 13.2. The van der Waals surface area contributed by atoms with Crippen molar-refractivity contribution in [1.82, 2.24) is 14.5 Å². The lowest BCUT2D eigenvalue weighted by Gasteiger charge is -2.36. The van der Waals surface area contributed by atoms with Crippen LogP contribution in [0.2, 0.25) is 0 Å². The number of aromatic amines is 1. The zero-order chi connectivity index (χ0) is 23.5. The van der Waals surface area contributed by atoms with Gasteiger partial charge in [0.05, 0.1) is 10.9 Å². The van der Waals surface area contributed by atoms with E-state index in [1.54, 1.807) is 22.8 Å². The molecule has 0 spiro atoms. The van der Waals surface area contributed by atoms with Crippen LogP contribution in [0.15, 0.2) is 83.7 Å². The van der Waals surface area contributed by atoms with E-state index in [9.17, 15) is 9.59 Å². The Morgan fingerprint density at radius 3 is 2.26 bits per heavy atom. The van der Waals surface area contributed by atoms with Crippen LogP contribution < -0.4 is 10.5 Å². The summed E-state index contributed by atoms with van der Waals surface area (Å²) in [6.45, 7) is 3.39. The number of piperazine rings is 1. The minimum absolute atomic E-state index is 0.0258. The van der Waals surface area contributed by atoms with Gasteiger partial charge in [-0.3, -0.25) is 14.2 Å². The summed E-state index contributed by atoms with van der Waals surface area (Å²) in [6, 6.07) is 25.5. The number of nitrogens with zero attached hydrogens (tertiary/aromatic N) is 3. The number of amides is 1. The van der Waals surface area contributed by atoms with E-state index in [0.717, 1.165) is 25.1 Å². The van der Waals surface area contributed by atoms with Gasteiger partial charge < -0.3 is 14.8 Å². The second-order valence-electron chi connectivity index (χ2n) is 8.50. The molecule has 1 aliphatic heterocycles. The lowest BCUT2D eigenvalue weighted by Crippen LogP contribution is -2.48. The predicted octanol–water partition coefficient (Wildman–Crippen LogP) is 4.26. The van der Waals surface area contributed by atoms with Crippen LogP contribution in [0.4, 0.5) is 5.69 Å². The maximum absolute atomic E-state index is 13.2. The van der Waals surface area contributed by atoms with Gasteiger partial charge in [0, 0.05) is 44.0 Å². The zero-order valence-electron chi connectivity index (χ0n) is 18.8. The van der Waals surface area contributed by atoms with Crippen molar-refractivity contribution < 1.29 is 4.79 Å². The second-order valence-corrected chi connectivity index (χ2v) is 8.88. The molecule has 0 bridgehead atoms. The highest BCUT2D eigenvalue weighted by Gasteiger charge is 2.22. The molecule has 4 aromatic rings. The van der Waals surface area contributed by atoms with E-state index >= 15 is 0 Å². The summed E-state index contributed by atoms with van der Waals surface area (Å²) >= 11 is 5.48. The first-order valence-corrected chi connectivity index (χ1v) is 11.9. The molecule has 3 aromatic carbocycles. The number of aromatic nitrogens is 2. The third-order valence-corrected chi connectivity index (χ3v) is 6.71. The van der Waals surface area contributed by atoms with Crippen molar-refractivity contribution in [3.05, 3.63) is 105 Å². The largest absolute Gasteiger partial charge is 0.368 e. The fraction of sp³-hybridized carbons (Fsp3) is 0.222. The Balaban J connectivity index is 1.32. The van der Waals surface area contributed by atoms with E-state index in [-0.39, 0.29) is 11.5 Å². The van der Waals surface area contributed by atoms with Gasteiger partial charge >= 0.3 is 0 Å². The number of carbonyl (C=O) groups is 1. The maximum Gasteiger partial charge on any atom is 0.262 e. The third kappa shape index (κ3) is 4.52. The molecule has 0 atom stereocenters. The number of hydrogen-bond acceptors (Lipinski definition) is 4. The highest BCUT2D eigenvalue weighted by molar-refractivity contribution is 7.71. The van der Waals surface area contributed by atoms with E-state index in [4.69, 9.17) is 12.2 Å². The number of anilines is 1. The van der Waals surface area contributed by atoms with Crippen LogP contribution in [-0.4, -0.2) is 46.5 Å². The monoisotopic (exact) mass is 470 g/mol. The summed E-state index contributed by atoms with van der Waals surface area (Å²) in [5.74, 6) is -0.0258. The SMILES string of the molecule is O=C(c1ccc2c(=O)n(CCc3ccccc3)c(=S)[nH]c2c1)N1CCN(c2ccccc2)CC1. The van der Waals surface area contributed by atoms with E-state index in [0.29, 0.717) is 40.9 Å². The van der Waals surface area contributed by atoms with Gasteiger partial charge in [-0.25, -0.2) is 0 Å². The van der Waals surface area contributed by atoms with Gasteiger partial charge in [-0.15, -0.1) is 0 Å². The van der Waals surface area contributed by atoms with Gasteiger partial charge in [-0.1, -0.05) is 48.5 Å². The molecule has 0 unspecified atom stereocenters.